The van der Waals surface area contributed by atoms with Gasteiger partial charge in [-0.3, -0.25) is 14.4 Å². The minimum Gasteiger partial charge on any atom is -0.465 e. The van der Waals surface area contributed by atoms with E-state index in [-0.39, 0.29) is 12.3 Å². The third kappa shape index (κ3) is 2.86. The molecule has 8 nitrogen and oxygen atoms in total. The first-order valence-electron chi connectivity index (χ1n) is 6.34. The number of methoxy groups -OCH3 is 1. The molecule has 0 amide bonds. The molecule has 22 heavy (non-hydrogen) atoms. The first-order valence-corrected chi connectivity index (χ1v) is 7.95. The number of benzene rings is 1. The normalized spacial score (nSPS) is 17.1. The number of halogens is 1. The molecule has 1 aliphatic heterocycles. The van der Waals surface area contributed by atoms with Crippen LogP contribution in [0.3, 0.4) is 0 Å². The summed E-state index contributed by atoms with van der Waals surface area (Å²) in [5.41, 5.74) is -1.76. The number of anilines is 1. The van der Waals surface area contributed by atoms with E-state index in [1.165, 1.54) is 0 Å². The van der Waals surface area contributed by atoms with Gasteiger partial charge in [0.15, 0.2) is 5.82 Å². The minimum atomic E-state index is -3.77. The molecule has 2 rings (SSSR count). The van der Waals surface area contributed by atoms with Crippen molar-refractivity contribution in [3.8, 4) is 0 Å². The second-order valence-corrected chi connectivity index (χ2v) is 6.68. The zero-order chi connectivity index (χ0) is 16.5. The predicted octanol–water partition coefficient (Wildman–Crippen LogP) is 1.45. The van der Waals surface area contributed by atoms with E-state index in [1.807, 2.05) is 0 Å². The molecule has 120 valence electrons. The van der Waals surface area contributed by atoms with Crippen molar-refractivity contribution in [3.05, 3.63) is 33.6 Å². The Hall–Kier alpha value is -2.23. The van der Waals surface area contributed by atoms with Crippen LogP contribution in [0.4, 0.5) is 15.8 Å². The smallest absolute Gasteiger partial charge is 0.341 e. The molecule has 1 aromatic rings. The van der Waals surface area contributed by atoms with Gasteiger partial charge < -0.3 is 4.74 Å². The molecule has 0 unspecified atom stereocenters. The molecule has 0 bridgehead atoms. The number of hydrogen-bond acceptors (Lipinski definition) is 6. The van der Waals surface area contributed by atoms with Crippen LogP contribution >= 0.6 is 0 Å². The summed E-state index contributed by atoms with van der Waals surface area (Å²) in [4.78, 5) is 21.7. The van der Waals surface area contributed by atoms with Crippen molar-refractivity contribution in [2.24, 2.45) is 0 Å². The number of ether oxygens (including phenoxy) is 1. The molecule has 0 aromatic heterocycles. The average Bonchev–Trinajstić information content (AvgIpc) is 2.46. The molecule has 0 saturated carbocycles. The van der Waals surface area contributed by atoms with Crippen molar-refractivity contribution in [1.29, 1.82) is 0 Å². The maximum atomic E-state index is 14.5. The van der Waals surface area contributed by atoms with Gasteiger partial charge in [0.2, 0.25) is 10.0 Å². The molecular formula is C12H13FN2O6S. The molecule has 0 spiro atoms. The van der Waals surface area contributed by atoms with E-state index < -0.39 is 43.7 Å². The van der Waals surface area contributed by atoms with Crippen molar-refractivity contribution in [1.82, 2.24) is 0 Å². The predicted molar refractivity (Wildman–Crippen MR) is 74.8 cm³/mol. The Labute approximate surface area is 125 Å². The van der Waals surface area contributed by atoms with Gasteiger partial charge in [-0.25, -0.2) is 17.6 Å². The highest BCUT2D eigenvalue weighted by Gasteiger charge is 2.32. The first-order chi connectivity index (χ1) is 10.3. The highest BCUT2D eigenvalue weighted by atomic mass is 32.2. The third-order valence-corrected chi connectivity index (χ3v) is 5.13. The Kier molecular flexibility index (Phi) is 4.31. The van der Waals surface area contributed by atoms with E-state index in [4.69, 9.17) is 0 Å². The number of non-ortho nitro benzene ring substituents is 1. The maximum absolute atomic E-state index is 14.5. The van der Waals surface area contributed by atoms with Crippen molar-refractivity contribution >= 4 is 27.4 Å². The topological polar surface area (TPSA) is 107 Å². The van der Waals surface area contributed by atoms with Crippen LogP contribution in [-0.2, 0) is 14.8 Å². The standard InChI is InChI=1S/C12H13FN2O6S/c1-21-12(16)9-6-8(15(17)18)7-10(11(9)13)14-4-2-3-5-22(14,19)20/h6-7H,2-5H2,1H3. The summed E-state index contributed by atoms with van der Waals surface area (Å²) >= 11 is 0. The molecule has 1 fully saturated rings. The summed E-state index contributed by atoms with van der Waals surface area (Å²) in [6, 6.07) is 1.53. The highest BCUT2D eigenvalue weighted by Crippen LogP contribution is 2.32. The van der Waals surface area contributed by atoms with E-state index in [2.05, 4.69) is 4.74 Å². The fourth-order valence-corrected chi connectivity index (χ4v) is 3.83. The number of carbonyl (C=O) groups is 1. The zero-order valence-corrected chi connectivity index (χ0v) is 12.4. The van der Waals surface area contributed by atoms with Crippen molar-refractivity contribution in [3.63, 3.8) is 0 Å². The molecule has 0 atom stereocenters. The Bertz CT molecular complexity index is 733. The Morgan fingerprint density at radius 2 is 2.09 bits per heavy atom. The second-order valence-electron chi connectivity index (χ2n) is 4.67. The van der Waals surface area contributed by atoms with Gasteiger partial charge in [-0.05, 0) is 12.8 Å². The quantitative estimate of drug-likeness (QED) is 0.471. The van der Waals surface area contributed by atoms with Crippen LogP contribution in [-0.4, -0.2) is 38.7 Å². The van der Waals surface area contributed by atoms with Crippen molar-refractivity contribution < 1.29 is 27.3 Å². The van der Waals surface area contributed by atoms with Gasteiger partial charge in [0.1, 0.15) is 5.56 Å². The van der Waals surface area contributed by atoms with Gasteiger partial charge in [0, 0.05) is 18.7 Å². The zero-order valence-electron chi connectivity index (χ0n) is 11.6. The van der Waals surface area contributed by atoms with Gasteiger partial charge in [-0.15, -0.1) is 0 Å². The van der Waals surface area contributed by atoms with E-state index in [0.29, 0.717) is 12.8 Å². The molecule has 10 heteroatoms. The lowest BCUT2D eigenvalue weighted by Crippen LogP contribution is -2.38. The van der Waals surface area contributed by atoms with Gasteiger partial charge in [0.25, 0.3) is 5.69 Å². The highest BCUT2D eigenvalue weighted by molar-refractivity contribution is 7.92. The first kappa shape index (κ1) is 16.1. The summed E-state index contributed by atoms with van der Waals surface area (Å²) in [7, 11) is -2.77. The Morgan fingerprint density at radius 1 is 1.41 bits per heavy atom. The fourth-order valence-electron chi connectivity index (χ4n) is 2.20. The van der Waals surface area contributed by atoms with Crippen LogP contribution in [0.15, 0.2) is 12.1 Å². The number of esters is 1. The van der Waals surface area contributed by atoms with Crippen LogP contribution in [0.1, 0.15) is 23.2 Å². The number of hydrogen-bond donors (Lipinski definition) is 0. The van der Waals surface area contributed by atoms with Crippen molar-refractivity contribution in [2.45, 2.75) is 12.8 Å². The van der Waals surface area contributed by atoms with Gasteiger partial charge in [-0.1, -0.05) is 0 Å². The molecule has 1 aromatic carbocycles. The summed E-state index contributed by atoms with van der Waals surface area (Å²) in [5, 5.41) is 10.9. The average molecular weight is 332 g/mol. The van der Waals surface area contributed by atoms with Gasteiger partial charge in [-0.2, -0.15) is 0 Å². The molecular weight excluding hydrogens is 319 g/mol. The largest absolute Gasteiger partial charge is 0.465 e. The van der Waals surface area contributed by atoms with Crippen LogP contribution < -0.4 is 4.31 Å². The van der Waals surface area contributed by atoms with E-state index in [1.54, 1.807) is 0 Å². The molecule has 1 saturated heterocycles. The number of nitro groups is 1. The molecule has 0 N–H and O–H groups in total. The lowest BCUT2D eigenvalue weighted by molar-refractivity contribution is -0.384. The minimum absolute atomic E-state index is 0.00103. The van der Waals surface area contributed by atoms with Gasteiger partial charge >= 0.3 is 5.97 Å². The van der Waals surface area contributed by atoms with Crippen molar-refractivity contribution in [2.75, 3.05) is 23.7 Å². The maximum Gasteiger partial charge on any atom is 0.341 e. The summed E-state index contributed by atoms with van der Waals surface area (Å²) in [6.45, 7) is 0.00103. The number of nitrogens with zero attached hydrogens (tertiary/aromatic N) is 2. The van der Waals surface area contributed by atoms with E-state index in [0.717, 1.165) is 23.5 Å². The summed E-state index contributed by atoms with van der Waals surface area (Å²) in [6.07, 6.45) is 0.925. The number of sulfonamides is 1. The van der Waals surface area contributed by atoms with E-state index >= 15 is 0 Å². The SMILES string of the molecule is COC(=O)c1cc([N+](=O)[O-])cc(N2CCCCS2(=O)=O)c1F. The number of nitro benzene ring substituents is 1. The number of carbonyl (C=O) groups excluding carboxylic acids is 1. The molecule has 1 aliphatic rings. The second kappa shape index (κ2) is 5.87. The fraction of sp³-hybridized carbons (Fsp3) is 0.417. The van der Waals surface area contributed by atoms with Crippen LogP contribution in [0.25, 0.3) is 0 Å². The Balaban J connectivity index is 2.66. The summed E-state index contributed by atoms with van der Waals surface area (Å²) in [5.74, 6) is -2.44. The lowest BCUT2D eigenvalue weighted by Gasteiger charge is -2.28. The van der Waals surface area contributed by atoms with Gasteiger partial charge in [0.05, 0.1) is 23.5 Å². The van der Waals surface area contributed by atoms with Crippen LogP contribution in [0.5, 0.6) is 0 Å². The van der Waals surface area contributed by atoms with Crippen LogP contribution in [0.2, 0.25) is 0 Å². The molecule has 0 radical (unpaired) electrons. The molecule has 0 aliphatic carbocycles. The summed E-state index contributed by atoms with van der Waals surface area (Å²) < 4.78 is 43.7. The third-order valence-electron chi connectivity index (χ3n) is 3.27. The van der Waals surface area contributed by atoms with E-state index in [9.17, 15) is 27.7 Å². The Morgan fingerprint density at radius 3 is 2.64 bits per heavy atom. The molecule has 1 heterocycles. The number of rotatable bonds is 3. The van der Waals surface area contributed by atoms with Crippen LogP contribution in [0, 0.1) is 15.9 Å². The monoisotopic (exact) mass is 332 g/mol. The lowest BCUT2D eigenvalue weighted by atomic mass is 10.1.